The molecule has 82 valence electrons. The Bertz CT molecular complexity index is 304. The summed E-state index contributed by atoms with van der Waals surface area (Å²) in [6.07, 6.45) is 8.60. The molecule has 0 spiro atoms. The van der Waals surface area contributed by atoms with E-state index in [9.17, 15) is 4.79 Å². The molecule has 1 nitrogen and oxygen atoms in total. The zero-order valence-corrected chi connectivity index (χ0v) is 9.37. The molecule has 0 amide bonds. The van der Waals surface area contributed by atoms with Gasteiger partial charge in [-0.15, -0.1) is 0 Å². The van der Waals surface area contributed by atoms with Crippen LogP contribution < -0.4 is 0 Å². The van der Waals surface area contributed by atoms with Gasteiger partial charge in [-0.3, -0.25) is 4.79 Å². The summed E-state index contributed by atoms with van der Waals surface area (Å²) in [7, 11) is 0. The van der Waals surface area contributed by atoms with Crippen molar-refractivity contribution in [3.8, 4) is 0 Å². The van der Waals surface area contributed by atoms with E-state index in [4.69, 9.17) is 0 Å². The van der Waals surface area contributed by atoms with E-state index in [2.05, 4.69) is 6.58 Å². The first-order valence-corrected chi connectivity index (χ1v) is 6.50. The molecular weight excluding hydrogens is 184 g/mol. The Morgan fingerprint density at radius 1 is 1.00 bits per heavy atom. The minimum Gasteiger partial charge on any atom is -0.299 e. The van der Waals surface area contributed by atoms with Crippen molar-refractivity contribution in [2.24, 2.45) is 23.7 Å². The van der Waals surface area contributed by atoms with Crippen LogP contribution in [-0.2, 0) is 4.79 Å². The maximum Gasteiger partial charge on any atom is 0.139 e. The van der Waals surface area contributed by atoms with Crippen LogP contribution in [0.2, 0.25) is 0 Å². The lowest BCUT2D eigenvalue weighted by molar-refractivity contribution is -0.125. The van der Waals surface area contributed by atoms with Crippen LogP contribution in [0.25, 0.3) is 0 Å². The Labute approximate surface area is 91.9 Å². The van der Waals surface area contributed by atoms with Gasteiger partial charge < -0.3 is 0 Å². The lowest BCUT2D eigenvalue weighted by Gasteiger charge is -2.32. The van der Waals surface area contributed by atoms with Gasteiger partial charge in [0.25, 0.3) is 0 Å². The molecule has 0 saturated heterocycles. The average molecular weight is 204 g/mol. The second-order valence-electron chi connectivity index (χ2n) is 5.64. The Balaban J connectivity index is 1.93. The first kappa shape index (κ1) is 9.62. The molecule has 0 aliphatic heterocycles. The number of Topliss-reactive ketones (excluding diaryl/α,β-unsaturated/α-hetero) is 1. The Hall–Kier alpha value is -0.590. The number of carbonyl (C=O) groups excluding carboxylic acids is 1. The van der Waals surface area contributed by atoms with Crippen LogP contribution in [0.1, 0.15) is 44.9 Å². The molecule has 3 aliphatic carbocycles. The third kappa shape index (κ3) is 1.32. The molecule has 3 aliphatic rings. The van der Waals surface area contributed by atoms with Crippen LogP contribution in [0.5, 0.6) is 0 Å². The van der Waals surface area contributed by atoms with Crippen molar-refractivity contribution in [3.63, 3.8) is 0 Å². The van der Waals surface area contributed by atoms with E-state index in [0.717, 1.165) is 6.42 Å². The van der Waals surface area contributed by atoms with Gasteiger partial charge in [0.1, 0.15) is 5.78 Å². The summed E-state index contributed by atoms with van der Waals surface area (Å²) in [5, 5.41) is 0. The van der Waals surface area contributed by atoms with Crippen LogP contribution in [-0.4, -0.2) is 5.78 Å². The fraction of sp³-hybridized carbons (Fsp3) is 0.786. The summed E-state index contributed by atoms with van der Waals surface area (Å²) in [4.78, 5) is 12.3. The molecule has 4 unspecified atom stereocenters. The fourth-order valence-electron chi connectivity index (χ4n) is 4.32. The summed E-state index contributed by atoms with van der Waals surface area (Å²) < 4.78 is 0. The van der Waals surface area contributed by atoms with Crippen molar-refractivity contribution in [2.45, 2.75) is 44.9 Å². The average Bonchev–Trinajstić information content (AvgIpc) is 2.55. The van der Waals surface area contributed by atoms with Gasteiger partial charge in [0.2, 0.25) is 0 Å². The highest BCUT2D eigenvalue weighted by molar-refractivity contribution is 5.87. The molecule has 0 heterocycles. The summed E-state index contributed by atoms with van der Waals surface area (Å²) in [5.41, 5.74) is 1.40. The fourth-order valence-corrected chi connectivity index (χ4v) is 4.32. The highest BCUT2D eigenvalue weighted by atomic mass is 16.1. The molecule has 0 bridgehead atoms. The molecule has 1 heteroatoms. The standard InChI is InChI=1S/C14H20O/c1-9-5-4-8-12-13(9)10-6-2-3-7-11(10)14(12)15/h10-13H,1-8H2. The molecule has 15 heavy (non-hydrogen) atoms. The van der Waals surface area contributed by atoms with Crippen LogP contribution in [0.4, 0.5) is 0 Å². The number of rotatable bonds is 0. The first-order valence-electron chi connectivity index (χ1n) is 6.50. The highest BCUT2D eigenvalue weighted by Gasteiger charge is 2.51. The maximum atomic E-state index is 12.3. The van der Waals surface area contributed by atoms with Gasteiger partial charge in [0, 0.05) is 11.8 Å². The minimum absolute atomic E-state index is 0.374. The summed E-state index contributed by atoms with van der Waals surface area (Å²) >= 11 is 0. The topological polar surface area (TPSA) is 17.1 Å². The molecule has 0 N–H and O–H groups in total. The van der Waals surface area contributed by atoms with Crippen molar-refractivity contribution in [2.75, 3.05) is 0 Å². The SMILES string of the molecule is C=C1CCCC2C(=O)C3CCCCC3C12. The zero-order chi connectivity index (χ0) is 10.4. The van der Waals surface area contributed by atoms with E-state index in [1.807, 2.05) is 0 Å². The molecule has 0 radical (unpaired) electrons. The number of fused-ring (bicyclic) bond motifs is 3. The summed E-state index contributed by atoms with van der Waals surface area (Å²) in [6, 6.07) is 0. The van der Waals surface area contributed by atoms with Crippen molar-refractivity contribution in [1.29, 1.82) is 0 Å². The third-order valence-corrected chi connectivity index (χ3v) is 4.93. The Morgan fingerprint density at radius 3 is 2.60 bits per heavy atom. The van der Waals surface area contributed by atoms with E-state index < -0.39 is 0 Å². The number of carbonyl (C=O) groups is 1. The van der Waals surface area contributed by atoms with Gasteiger partial charge in [-0.25, -0.2) is 0 Å². The van der Waals surface area contributed by atoms with E-state index >= 15 is 0 Å². The van der Waals surface area contributed by atoms with Crippen molar-refractivity contribution in [1.82, 2.24) is 0 Å². The number of hydrogen-bond acceptors (Lipinski definition) is 1. The zero-order valence-electron chi connectivity index (χ0n) is 9.37. The molecule has 3 fully saturated rings. The van der Waals surface area contributed by atoms with E-state index in [1.54, 1.807) is 0 Å². The molecule has 4 atom stereocenters. The van der Waals surface area contributed by atoms with Crippen LogP contribution >= 0.6 is 0 Å². The maximum absolute atomic E-state index is 12.3. The Kier molecular flexibility index (Phi) is 2.22. The van der Waals surface area contributed by atoms with Crippen molar-refractivity contribution >= 4 is 5.78 Å². The van der Waals surface area contributed by atoms with Crippen LogP contribution in [0.3, 0.4) is 0 Å². The van der Waals surface area contributed by atoms with E-state index in [-0.39, 0.29) is 0 Å². The molecular formula is C14H20O. The monoisotopic (exact) mass is 204 g/mol. The van der Waals surface area contributed by atoms with E-state index in [0.29, 0.717) is 29.5 Å². The smallest absolute Gasteiger partial charge is 0.139 e. The minimum atomic E-state index is 0.374. The van der Waals surface area contributed by atoms with Gasteiger partial charge in [-0.1, -0.05) is 25.0 Å². The molecule has 3 saturated carbocycles. The normalized spacial score (nSPS) is 45.1. The van der Waals surface area contributed by atoms with E-state index in [1.165, 1.54) is 44.1 Å². The highest BCUT2D eigenvalue weighted by Crippen LogP contribution is 2.53. The second-order valence-corrected chi connectivity index (χ2v) is 5.64. The third-order valence-electron chi connectivity index (χ3n) is 4.93. The second kappa shape index (κ2) is 3.47. The quantitative estimate of drug-likeness (QED) is 0.553. The van der Waals surface area contributed by atoms with Crippen LogP contribution in [0, 0.1) is 23.7 Å². The number of ketones is 1. The van der Waals surface area contributed by atoms with Crippen LogP contribution in [0.15, 0.2) is 12.2 Å². The number of hydrogen-bond donors (Lipinski definition) is 0. The lowest BCUT2D eigenvalue weighted by Crippen LogP contribution is -2.24. The van der Waals surface area contributed by atoms with Gasteiger partial charge in [0.05, 0.1) is 0 Å². The molecule has 0 aromatic carbocycles. The molecule has 3 rings (SSSR count). The lowest BCUT2D eigenvalue weighted by atomic mass is 9.71. The first-order chi connectivity index (χ1) is 7.29. The van der Waals surface area contributed by atoms with Gasteiger partial charge in [-0.05, 0) is 43.9 Å². The van der Waals surface area contributed by atoms with Gasteiger partial charge in [-0.2, -0.15) is 0 Å². The molecule has 0 aromatic heterocycles. The van der Waals surface area contributed by atoms with Gasteiger partial charge >= 0.3 is 0 Å². The Morgan fingerprint density at radius 2 is 1.73 bits per heavy atom. The predicted octanol–water partition coefficient (Wildman–Crippen LogP) is 3.35. The summed E-state index contributed by atoms with van der Waals surface area (Å²) in [5.74, 6) is 2.66. The van der Waals surface area contributed by atoms with Crippen molar-refractivity contribution < 1.29 is 4.79 Å². The summed E-state index contributed by atoms with van der Waals surface area (Å²) in [6.45, 7) is 4.23. The van der Waals surface area contributed by atoms with Crippen molar-refractivity contribution in [3.05, 3.63) is 12.2 Å². The predicted molar refractivity (Wildman–Crippen MR) is 60.4 cm³/mol. The van der Waals surface area contributed by atoms with Gasteiger partial charge in [0.15, 0.2) is 0 Å². The number of allylic oxidation sites excluding steroid dienone is 1. The molecule has 0 aromatic rings. The largest absolute Gasteiger partial charge is 0.299 e.